The van der Waals surface area contributed by atoms with E-state index in [4.69, 9.17) is 10.5 Å². The molecule has 5 heteroatoms. The highest BCUT2D eigenvalue weighted by molar-refractivity contribution is 5.73. The van der Waals surface area contributed by atoms with Crippen LogP contribution in [0.15, 0.2) is 24.3 Å². The van der Waals surface area contributed by atoms with Gasteiger partial charge in [-0.1, -0.05) is 12.1 Å². The third-order valence-electron chi connectivity index (χ3n) is 3.91. The fourth-order valence-corrected chi connectivity index (χ4v) is 2.75. The van der Waals surface area contributed by atoms with E-state index in [1.807, 2.05) is 29.2 Å². The molecule has 2 unspecified atom stereocenters. The van der Waals surface area contributed by atoms with Crippen molar-refractivity contribution in [1.29, 1.82) is 0 Å². The molecule has 0 spiro atoms. The number of rotatable bonds is 6. The maximum atomic E-state index is 11.5. The zero-order valence-corrected chi connectivity index (χ0v) is 12.5. The Morgan fingerprint density at radius 3 is 3.10 bits per heavy atom. The van der Waals surface area contributed by atoms with Crippen molar-refractivity contribution < 1.29 is 14.6 Å². The summed E-state index contributed by atoms with van der Waals surface area (Å²) < 4.78 is 5.80. The lowest BCUT2D eigenvalue weighted by molar-refractivity contribution is -0.130. The van der Waals surface area contributed by atoms with Crippen LogP contribution in [-0.2, 0) is 4.79 Å². The third kappa shape index (κ3) is 4.19. The quantitative estimate of drug-likeness (QED) is 0.832. The van der Waals surface area contributed by atoms with Gasteiger partial charge in [0.25, 0.3) is 0 Å². The van der Waals surface area contributed by atoms with E-state index >= 15 is 0 Å². The number of hydrogen-bond acceptors (Lipinski definition) is 4. The number of benzene rings is 1. The second-order valence-electron chi connectivity index (χ2n) is 5.49. The fraction of sp³-hybridized carbons (Fsp3) is 0.562. The summed E-state index contributed by atoms with van der Waals surface area (Å²) >= 11 is 0. The molecule has 1 heterocycles. The van der Waals surface area contributed by atoms with Crippen molar-refractivity contribution in [2.24, 2.45) is 5.73 Å². The summed E-state index contributed by atoms with van der Waals surface area (Å²) in [6, 6.07) is 7.59. The summed E-state index contributed by atoms with van der Waals surface area (Å²) in [5.41, 5.74) is 6.27. The number of ether oxygens (including phenoxy) is 1. The predicted octanol–water partition coefficient (Wildman–Crippen LogP) is 1.46. The van der Waals surface area contributed by atoms with E-state index in [0.29, 0.717) is 19.6 Å². The van der Waals surface area contributed by atoms with E-state index < -0.39 is 6.10 Å². The first kappa shape index (κ1) is 15.8. The number of nitrogens with two attached hydrogens (primary N) is 1. The molecule has 0 radical (unpaired) electrons. The van der Waals surface area contributed by atoms with E-state index in [2.05, 4.69) is 0 Å². The number of nitrogens with zero attached hydrogens (tertiary/aromatic N) is 1. The second kappa shape index (κ2) is 7.43. The maximum absolute atomic E-state index is 11.5. The van der Waals surface area contributed by atoms with E-state index in [0.717, 1.165) is 30.7 Å². The minimum Gasteiger partial charge on any atom is -0.491 e. The van der Waals surface area contributed by atoms with Crippen LogP contribution < -0.4 is 10.5 Å². The van der Waals surface area contributed by atoms with E-state index in [1.165, 1.54) is 0 Å². The van der Waals surface area contributed by atoms with Crippen molar-refractivity contribution in [2.45, 2.75) is 38.3 Å². The van der Waals surface area contributed by atoms with Crippen LogP contribution in [0.3, 0.4) is 0 Å². The summed E-state index contributed by atoms with van der Waals surface area (Å²) in [6.07, 6.45) is 1.99. The lowest BCUT2D eigenvalue weighted by Gasteiger charge is -2.23. The number of aliphatic hydroxyl groups excluding tert-OH is 1. The Bertz CT molecular complexity index is 478. The zero-order valence-electron chi connectivity index (χ0n) is 12.5. The number of aliphatic hydroxyl groups is 1. The van der Waals surface area contributed by atoms with Gasteiger partial charge in [-0.2, -0.15) is 0 Å². The molecule has 21 heavy (non-hydrogen) atoms. The molecule has 0 bridgehead atoms. The molecule has 116 valence electrons. The first-order valence-corrected chi connectivity index (χ1v) is 7.50. The zero-order chi connectivity index (χ0) is 15.2. The van der Waals surface area contributed by atoms with Crippen molar-refractivity contribution in [3.63, 3.8) is 0 Å². The van der Waals surface area contributed by atoms with Crippen LogP contribution >= 0.6 is 0 Å². The molecule has 1 saturated heterocycles. The summed E-state index contributed by atoms with van der Waals surface area (Å²) in [6.45, 7) is 3.36. The van der Waals surface area contributed by atoms with Crippen LogP contribution in [0.1, 0.15) is 37.9 Å². The maximum Gasteiger partial charge on any atom is 0.219 e. The highest BCUT2D eigenvalue weighted by Crippen LogP contribution is 2.23. The largest absolute Gasteiger partial charge is 0.491 e. The average molecular weight is 292 g/mol. The molecule has 2 rings (SSSR count). The Balaban J connectivity index is 1.94. The molecular formula is C16H24N2O3. The molecule has 3 N–H and O–H groups in total. The number of likely N-dealkylation sites (tertiary alicyclic amines) is 1. The minimum absolute atomic E-state index is 0.105. The molecule has 0 aliphatic carbocycles. The molecule has 0 saturated carbocycles. The Hall–Kier alpha value is -1.59. The molecule has 1 aromatic carbocycles. The van der Waals surface area contributed by atoms with Crippen LogP contribution in [-0.4, -0.2) is 41.7 Å². The third-order valence-corrected chi connectivity index (χ3v) is 3.91. The molecule has 1 aliphatic rings. The number of carbonyl (C=O) groups excluding carboxylic acids is 1. The van der Waals surface area contributed by atoms with Crippen molar-refractivity contribution in [3.8, 4) is 5.75 Å². The van der Waals surface area contributed by atoms with E-state index in [1.54, 1.807) is 6.92 Å². The van der Waals surface area contributed by atoms with Crippen LogP contribution in [0.25, 0.3) is 0 Å². The smallest absolute Gasteiger partial charge is 0.219 e. The average Bonchev–Trinajstić information content (AvgIpc) is 2.94. The monoisotopic (exact) mass is 292 g/mol. The molecule has 1 aromatic rings. The standard InChI is InChI=1S/C16H24N2O3/c1-12(19)18-9-3-5-14(18)11-21-15-6-2-4-13(10-15)16(20)7-8-17/h2,4,6,10,14,16,20H,3,5,7-9,11,17H2,1H3. The van der Waals surface area contributed by atoms with Gasteiger partial charge in [0, 0.05) is 13.5 Å². The summed E-state index contributed by atoms with van der Waals surface area (Å²) in [4.78, 5) is 13.4. The minimum atomic E-state index is -0.557. The lowest BCUT2D eigenvalue weighted by atomic mass is 10.1. The van der Waals surface area contributed by atoms with Crippen molar-refractivity contribution >= 4 is 5.91 Å². The molecule has 2 atom stereocenters. The van der Waals surface area contributed by atoms with Crippen LogP contribution in [0, 0.1) is 0 Å². The summed E-state index contributed by atoms with van der Waals surface area (Å²) in [5, 5.41) is 9.95. The Kier molecular flexibility index (Phi) is 5.59. The summed E-state index contributed by atoms with van der Waals surface area (Å²) in [5.74, 6) is 0.826. The Morgan fingerprint density at radius 1 is 1.57 bits per heavy atom. The second-order valence-corrected chi connectivity index (χ2v) is 5.49. The van der Waals surface area contributed by atoms with Gasteiger partial charge in [-0.25, -0.2) is 0 Å². The molecule has 0 aromatic heterocycles. The molecule has 1 aliphatic heterocycles. The van der Waals surface area contributed by atoms with Gasteiger partial charge in [-0.05, 0) is 43.5 Å². The van der Waals surface area contributed by atoms with Crippen molar-refractivity contribution in [1.82, 2.24) is 4.90 Å². The van der Waals surface area contributed by atoms with Gasteiger partial charge in [0.15, 0.2) is 0 Å². The number of carbonyl (C=O) groups is 1. The normalized spacial score (nSPS) is 19.6. The highest BCUT2D eigenvalue weighted by atomic mass is 16.5. The van der Waals surface area contributed by atoms with Crippen molar-refractivity contribution in [3.05, 3.63) is 29.8 Å². The lowest BCUT2D eigenvalue weighted by Crippen LogP contribution is -2.37. The van der Waals surface area contributed by atoms with E-state index in [-0.39, 0.29) is 11.9 Å². The SMILES string of the molecule is CC(=O)N1CCCC1COc1cccc(C(O)CCN)c1. The molecule has 5 nitrogen and oxygen atoms in total. The van der Waals surface area contributed by atoms with Gasteiger partial charge >= 0.3 is 0 Å². The van der Waals surface area contributed by atoms with Gasteiger partial charge in [-0.3, -0.25) is 4.79 Å². The fourth-order valence-electron chi connectivity index (χ4n) is 2.75. The van der Waals surface area contributed by atoms with Gasteiger partial charge in [0.1, 0.15) is 12.4 Å². The van der Waals surface area contributed by atoms with Gasteiger partial charge in [-0.15, -0.1) is 0 Å². The van der Waals surface area contributed by atoms with Crippen LogP contribution in [0.2, 0.25) is 0 Å². The first-order chi connectivity index (χ1) is 10.1. The number of hydrogen-bond donors (Lipinski definition) is 2. The van der Waals surface area contributed by atoms with Gasteiger partial charge < -0.3 is 20.5 Å². The molecule has 1 fully saturated rings. The van der Waals surface area contributed by atoms with Crippen molar-refractivity contribution in [2.75, 3.05) is 19.7 Å². The first-order valence-electron chi connectivity index (χ1n) is 7.50. The van der Waals surface area contributed by atoms with Crippen LogP contribution in [0.4, 0.5) is 0 Å². The van der Waals surface area contributed by atoms with E-state index in [9.17, 15) is 9.90 Å². The Labute approximate surface area is 125 Å². The molecular weight excluding hydrogens is 268 g/mol. The predicted molar refractivity (Wildman–Crippen MR) is 81.0 cm³/mol. The number of amides is 1. The topological polar surface area (TPSA) is 75.8 Å². The summed E-state index contributed by atoms with van der Waals surface area (Å²) in [7, 11) is 0. The van der Waals surface area contributed by atoms with Gasteiger partial charge in [0.05, 0.1) is 12.1 Å². The van der Waals surface area contributed by atoms with Crippen LogP contribution in [0.5, 0.6) is 5.75 Å². The molecule has 1 amide bonds. The highest BCUT2D eigenvalue weighted by Gasteiger charge is 2.26. The van der Waals surface area contributed by atoms with Gasteiger partial charge in [0.2, 0.25) is 5.91 Å². The Morgan fingerprint density at radius 2 is 2.38 bits per heavy atom.